The monoisotopic (exact) mass is 291 g/mol. The van der Waals surface area contributed by atoms with Crippen LogP contribution >= 0.6 is 0 Å². The Hall–Kier alpha value is -2.28. The predicted octanol–water partition coefficient (Wildman–Crippen LogP) is 0.596. The van der Waals surface area contributed by atoms with Crippen molar-refractivity contribution < 1.29 is 13.9 Å². The molecule has 3 rings (SSSR count). The van der Waals surface area contributed by atoms with Crippen molar-refractivity contribution >= 4 is 22.7 Å². The summed E-state index contributed by atoms with van der Waals surface area (Å²) < 4.78 is 11.8. The third kappa shape index (κ3) is 2.40. The highest BCUT2D eigenvalue weighted by atomic mass is 16.5. The number of fused-ring (bicyclic) bond motifs is 1. The maximum Gasteiger partial charge on any atom is 0.420 e. The molecule has 2 N–H and O–H groups in total. The molecule has 7 heteroatoms. The first-order valence-electron chi connectivity index (χ1n) is 6.85. The Morgan fingerprint density at radius 1 is 1.33 bits per heavy atom. The lowest BCUT2D eigenvalue weighted by atomic mass is 10.2. The van der Waals surface area contributed by atoms with E-state index >= 15 is 0 Å². The summed E-state index contributed by atoms with van der Waals surface area (Å²) in [7, 11) is 0. The van der Waals surface area contributed by atoms with Gasteiger partial charge in [0.05, 0.1) is 18.7 Å². The zero-order valence-electron chi connectivity index (χ0n) is 11.7. The number of ether oxygens (including phenoxy) is 1. The molecular formula is C14H17N3O4. The van der Waals surface area contributed by atoms with E-state index in [1.165, 1.54) is 4.57 Å². The fourth-order valence-electron chi connectivity index (χ4n) is 2.58. The van der Waals surface area contributed by atoms with Crippen molar-refractivity contribution in [3.63, 3.8) is 0 Å². The van der Waals surface area contributed by atoms with Crippen LogP contribution in [0, 0.1) is 0 Å². The van der Waals surface area contributed by atoms with Crippen LogP contribution < -0.4 is 11.5 Å². The van der Waals surface area contributed by atoms with Gasteiger partial charge >= 0.3 is 5.76 Å². The fraction of sp³-hybridized carbons (Fsp3) is 0.429. The number of rotatable bonds is 2. The summed E-state index contributed by atoms with van der Waals surface area (Å²) in [5, 5.41) is 0. The summed E-state index contributed by atoms with van der Waals surface area (Å²) in [5.41, 5.74) is 7.23. The number of hydrogen-bond acceptors (Lipinski definition) is 5. The molecule has 0 aliphatic carbocycles. The van der Waals surface area contributed by atoms with E-state index in [9.17, 15) is 9.59 Å². The molecule has 1 aliphatic heterocycles. The Bertz CT molecular complexity index is 727. The molecule has 1 saturated heterocycles. The Morgan fingerprint density at radius 2 is 2.05 bits per heavy atom. The summed E-state index contributed by atoms with van der Waals surface area (Å²) in [5.74, 6) is -0.671. The van der Waals surface area contributed by atoms with Crippen molar-refractivity contribution in [2.24, 2.45) is 0 Å². The molecule has 0 bridgehead atoms. The molecule has 1 unspecified atom stereocenters. The minimum Gasteiger partial charge on any atom is -0.408 e. The Kier molecular flexibility index (Phi) is 3.42. The van der Waals surface area contributed by atoms with E-state index in [-0.39, 0.29) is 5.91 Å². The largest absolute Gasteiger partial charge is 0.420 e. The predicted molar refractivity (Wildman–Crippen MR) is 77.0 cm³/mol. The maximum atomic E-state index is 12.5. The van der Waals surface area contributed by atoms with Gasteiger partial charge in [-0.05, 0) is 25.1 Å². The molecule has 1 atom stereocenters. The number of carbonyl (C=O) groups is 1. The summed E-state index contributed by atoms with van der Waals surface area (Å²) >= 11 is 0. The number of nitrogens with zero attached hydrogens (tertiary/aromatic N) is 2. The second kappa shape index (κ2) is 5.25. The smallest absolute Gasteiger partial charge is 0.408 e. The first-order valence-corrected chi connectivity index (χ1v) is 6.85. The minimum atomic E-state index is -0.640. The van der Waals surface area contributed by atoms with Crippen LogP contribution in [0.5, 0.6) is 0 Å². The van der Waals surface area contributed by atoms with Crippen molar-refractivity contribution in [3.05, 3.63) is 28.7 Å². The zero-order valence-corrected chi connectivity index (χ0v) is 11.7. The number of nitrogens with two attached hydrogens (primary N) is 1. The van der Waals surface area contributed by atoms with Crippen LogP contribution in [0.25, 0.3) is 11.1 Å². The molecule has 2 heterocycles. The van der Waals surface area contributed by atoms with Gasteiger partial charge in [0.2, 0.25) is 5.91 Å². The molecule has 7 nitrogen and oxygen atoms in total. The van der Waals surface area contributed by atoms with E-state index in [1.807, 2.05) is 0 Å². The number of anilines is 1. The molecule has 1 fully saturated rings. The maximum absolute atomic E-state index is 12.5. The van der Waals surface area contributed by atoms with Crippen LogP contribution in [0.15, 0.2) is 27.4 Å². The molecule has 1 aliphatic rings. The summed E-state index contributed by atoms with van der Waals surface area (Å²) in [6, 6.07) is 4.29. The van der Waals surface area contributed by atoms with Crippen LogP contribution in [0.1, 0.15) is 13.0 Å². The summed E-state index contributed by atoms with van der Waals surface area (Å²) in [6.07, 6.45) is 0. The van der Waals surface area contributed by atoms with Crippen molar-refractivity contribution in [2.75, 3.05) is 32.0 Å². The van der Waals surface area contributed by atoms with E-state index in [2.05, 4.69) is 0 Å². The third-order valence-corrected chi connectivity index (χ3v) is 3.70. The van der Waals surface area contributed by atoms with Gasteiger partial charge in [0.1, 0.15) is 6.04 Å². The molecule has 2 aromatic rings. The third-order valence-electron chi connectivity index (χ3n) is 3.70. The number of oxazole rings is 1. The molecule has 0 spiro atoms. The van der Waals surface area contributed by atoms with Gasteiger partial charge in [0, 0.05) is 18.8 Å². The number of nitrogen functional groups attached to an aromatic ring is 1. The van der Waals surface area contributed by atoms with Crippen LogP contribution in [-0.2, 0) is 9.53 Å². The van der Waals surface area contributed by atoms with Crippen molar-refractivity contribution in [2.45, 2.75) is 13.0 Å². The van der Waals surface area contributed by atoms with E-state index in [1.54, 1.807) is 30.0 Å². The second-order valence-corrected chi connectivity index (χ2v) is 5.08. The Morgan fingerprint density at radius 3 is 2.76 bits per heavy atom. The fourth-order valence-corrected chi connectivity index (χ4v) is 2.58. The molecule has 0 radical (unpaired) electrons. The highest BCUT2D eigenvalue weighted by molar-refractivity contribution is 5.84. The van der Waals surface area contributed by atoms with Gasteiger partial charge < -0.3 is 19.8 Å². The van der Waals surface area contributed by atoms with Gasteiger partial charge in [0.25, 0.3) is 0 Å². The van der Waals surface area contributed by atoms with Crippen molar-refractivity contribution in [1.82, 2.24) is 9.47 Å². The summed E-state index contributed by atoms with van der Waals surface area (Å²) in [6.45, 7) is 3.81. The molecule has 0 saturated carbocycles. The van der Waals surface area contributed by atoms with E-state index in [4.69, 9.17) is 14.9 Å². The van der Waals surface area contributed by atoms with Gasteiger partial charge in [-0.1, -0.05) is 0 Å². The Labute approximate surface area is 120 Å². The lowest BCUT2D eigenvalue weighted by Crippen LogP contribution is -2.44. The molecule has 1 aromatic heterocycles. The SMILES string of the molecule is CC(C(=O)N1CCOCC1)n1c(=O)oc2ccc(N)cc21. The van der Waals surface area contributed by atoms with E-state index in [0.717, 1.165) is 0 Å². The van der Waals surface area contributed by atoms with Gasteiger partial charge in [-0.3, -0.25) is 9.36 Å². The molecular weight excluding hydrogens is 274 g/mol. The van der Waals surface area contributed by atoms with Crippen LogP contribution in [-0.4, -0.2) is 41.7 Å². The standard InChI is InChI=1S/C14H17N3O4/c1-9(13(18)16-4-6-20-7-5-16)17-11-8-10(15)2-3-12(11)21-14(17)19/h2-3,8-9H,4-7,15H2,1H3. The number of morpholine rings is 1. The lowest BCUT2D eigenvalue weighted by molar-refractivity contribution is -0.138. The van der Waals surface area contributed by atoms with Crippen molar-refractivity contribution in [1.29, 1.82) is 0 Å². The molecule has 1 amide bonds. The molecule has 112 valence electrons. The average Bonchev–Trinajstić information content (AvgIpc) is 2.82. The van der Waals surface area contributed by atoms with E-state index < -0.39 is 11.8 Å². The normalized spacial score (nSPS) is 17.1. The topological polar surface area (TPSA) is 90.7 Å². The zero-order chi connectivity index (χ0) is 15.0. The van der Waals surface area contributed by atoms with E-state index in [0.29, 0.717) is 43.1 Å². The number of amides is 1. The highest BCUT2D eigenvalue weighted by Gasteiger charge is 2.27. The van der Waals surface area contributed by atoms with Crippen LogP contribution in [0.4, 0.5) is 5.69 Å². The van der Waals surface area contributed by atoms with Crippen LogP contribution in [0.2, 0.25) is 0 Å². The van der Waals surface area contributed by atoms with Gasteiger partial charge in [-0.25, -0.2) is 4.79 Å². The number of aromatic nitrogens is 1. The van der Waals surface area contributed by atoms with Crippen LogP contribution in [0.3, 0.4) is 0 Å². The van der Waals surface area contributed by atoms with Gasteiger partial charge in [-0.15, -0.1) is 0 Å². The average molecular weight is 291 g/mol. The van der Waals surface area contributed by atoms with Crippen molar-refractivity contribution in [3.8, 4) is 0 Å². The summed E-state index contributed by atoms with van der Waals surface area (Å²) in [4.78, 5) is 26.3. The Balaban J connectivity index is 1.98. The second-order valence-electron chi connectivity index (χ2n) is 5.08. The first kappa shape index (κ1) is 13.7. The number of hydrogen-bond donors (Lipinski definition) is 1. The molecule has 21 heavy (non-hydrogen) atoms. The minimum absolute atomic E-state index is 0.120. The number of benzene rings is 1. The number of carbonyl (C=O) groups excluding carboxylic acids is 1. The van der Waals surface area contributed by atoms with Gasteiger partial charge in [0.15, 0.2) is 5.58 Å². The highest BCUT2D eigenvalue weighted by Crippen LogP contribution is 2.21. The first-order chi connectivity index (χ1) is 10.1. The molecule has 1 aromatic carbocycles. The lowest BCUT2D eigenvalue weighted by Gasteiger charge is -2.29. The quantitative estimate of drug-likeness (QED) is 0.818. The van der Waals surface area contributed by atoms with Gasteiger partial charge in [-0.2, -0.15) is 0 Å².